The van der Waals surface area contributed by atoms with Crippen LogP contribution in [0.25, 0.3) is 10.2 Å². The van der Waals surface area contributed by atoms with E-state index in [0.717, 1.165) is 27.9 Å². The molecule has 26 heavy (non-hydrogen) atoms. The van der Waals surface area contributed by atoms with E-state index in [1.54, 1.807) is 0 Å². The molecule has 3 rings (SSSR count). The molecule has 0 saturated carbocycles. The second-order valence-corrected chi connectivity index (χ2v) is 8.78. The molecule has 0 aliphatic heterocycles. The number of fused-ring (bicyclic) bond motifs is 1. The Morgan fingerprint density at radius 1 is 1.19 bits per heavy atom. The zero-order valence-electron chi connectivity index (χ0n) is 13.8. The van der Waals surface area contributed by atoms with E-state index in [9.17, 15) is 17.6 Å². The van der Waals surface area contributed by atoms with Crippen LogP contribution < -0.4 is 10.9 Å². The van der Waals surface area contributed by atoms with Crippen LogP contribution >= 0.6 is 11.3 Å². The summed E-state index contributed by atoms with van der Waals surface area (Å²) >= 11 is 1.38. The van der Waals surface area contributed by atoms with Crippen LogP contribution in [0.5, 0.6) is 0 Å². The molecular formula is C17H16FN3O3S2. The number of halogens is 1. The van der Waals surface area contributed by atoms with E-state index in [0.29, 0.717) is 5.13 Å². The lowest BCUT2D eigenvalue weighted by Crippen LogP contribution is -2.30. The number of nitrogens with one attached hydrogen (secondary N) is 2. The zero-order chi connectivity index (χ0) is 18.7. The van der Waals surface area contributed by atoms with Crippen molar-refractivity contribution in [2.45, 2.75) is 18.2 Å². The summed E-state index contributed by atoms with van der Waals surface area (Å²) in [6.07, 6.45) is -0.226. The van der Waals surface area contributed by atoms with E-state index < -0.39 is 21.6 Å². The van der Waals surface area contributed by atoms with Crippen LogP contribution in [0.2, 0.25) is 0 Å². The third-order valence-electron chi connectivity index (χ3n) is 3.70. The van der Waals surface area contributed by atoms with Crippen LogP contribution in [0, 0.1) is 12.7 Å². The van der Waals surface area contributed by atoms with Gasteiger partial charge in [-0.1, -0.05) is 23.5 Å². The van der Waals surface area contributed by atoms with E-state index in [4.69, 9.17) is 0 Å². The van der Waals surface area contributed by atoms with Crippen molar-refractivity contribution in [2.75, 3.05) is 11.2 Å². The van der Waals surface area contributed by atoms with E-state index in [-0.39, 0.29) is 17.1 Å². The predicted octanol–water partition coefficient (Wildman–Crippen LogP) is 3.05. The first kappa shape index (κ1) is 18.3. The molecule has 6 nitrogen and oxygen atoms in total. The fraction of sp³-hybridized carbons (Fsp3) is 0.176. The number of benzene rings is 2. The maximum Gasteiger partial charge on any atom is 0.239 e. The summed E-state index contributed by atoms with van der Waals surface area (Å²) in [6.45, 7) is 1.95. The Kier molecular flexibility index (Phi) is 5.19. The topological polar surface area (TPSA) is 88.2 Å². The lowest BCUT2D eigenvalue weighted by Gasteiger charge is -2.06. The first-order chi connectivity index (χ1) is 12.3. The van der Waals surface area contributed by atoms with Gasteiger partial charge >= 0.3 is 0 Å². The van der Waals surface area contributed by atoms with Gasteiger partial charge in [-0.05, 0) is 42.8 Å². The van der Waals surface area contributed by atoms with Crippen LogP contribution in [0.1, 0.15) is 12.0 Å². The number of hydrogen-bond acceptors (Lipinski definition) is 6. The van der Waals surface area contributed by atoms with E-state index in [1.165, 1.54) is 23.5 Å². The smallest absolute Gasteiger partial charge is 0.239 e. The molecule has 0 radical (unpaired) electrons. The maximum absolute atomic E-state index is 12.9. The molecule has 0 atom stereocenters. The van der Waals surface area contributed by atoms with Crippen molar-refractivity contribution in [1.82, 2.24) is 10.4 Å². The van der Waals surface area contributed by atoms with Gasteiger partial charge in [0.1, 0.15) is 5.82 Å². The van der Waals surface area contributed by atoms with Gasteiger partial charge in [0.25, 0.3) is 0 Å². The number of rotatable bonds is 6. The number of aromatic nitrogens is 1. The molecule has 0 unspecified atom stereocenters. The molecule has 9 heteroatoms. The van der Waals surface area contributed by atoms with Gasteiger partial charge in [-0.3, -0.25) is 15.6 Å². The maximum atomic E-state index is 12.9. The first-order valence-electron chi connectivity index (χ1n) is 7.74. The van der Waals surface area contributed by atoms with Gasteiger partial charge in [0.15, 0.2) is 9.84 Å². The number of hydrogen-bond donors (Lipinski definition) is 2. The summed E-state index contributed by atoms with van der Waals surface area (Å²) in [5.41, 5.74) is 7.04. The molecule has 1 heterocycles. The number of sulfone groups is 1. The molecule has 0 aliphatic rings. The third kappa shape index (κ3) is 4.17. The van der Waals surface area contributed by atoms with Crippen molar-refractivity contribution in [1.29, 1.82) is 0 Å². The van der Waals surface area contributed by atoms with Gasteiger partial charge in [-0.2, -0.15) is 0 Å². The zero-order valence-corrected chi connectivity index (χ0v) is 15.5. The molecule has 1 amide bonds. The fourth-order valence-electron chi connectivity index (χ4n) is 2.31. The van der Waals surface area contributed by atoms with Gasteiger partial charge in [0, 0.05) is 6.42 Å². The van der Waals surface area contributed by atoms with Gasteiger partial charge in [-0.15, -0.1) is 0 Å². The Balaban J connectivity index is 1.56. The second-order valence-electron chi connectivity index (χ2n) is 5.64. The molecule has 136 valence electrons. The summed E-state index contributed by atoms with van der Waals surface area (Å²) in [7, 11) is -3.65. The first-order valence-corrected chi connectivity index (χ1v) is 10.2. The average molecular weight is 393 g/mol. The molecule has 0 bridgehead atoms. The predicted molar refractivity (Wildman–Crippen MR) is 99.2 cm³/mol. The number of thiazole rings is 1. The van der Waals surface area contributed by atoms with Crippen LogP contribution in [-0.4, -0.2) is 25.1 Å². The molecule has 0 aliphatic carbocycles. The highest BCUT2D eigenvalue weighted by molar-refractivity contribution is 7.91. The number of amides is 1. The number of hydrazine groups is 1. The summed E-state index contributed by atoms with van der Waals surface area (Å²) in [5, 5.41) is 0.518. The van der Waals surface area contributed by atoms with E-state index >= 15 is 0 Å². The van der Waals surface area contributed by atoms with Crippen LogP contribution in [0.15, 0.2) is 47.4 Å². The van der Waals surface area contributed by atoms with Crippen molar-refractivity contribution in [2.24, 2.45) is 0 Å². The Labute approximate surface area is 154 Å². The number of aryl methyl sites for hydroxylation is 1. The van der Waals surface area contributed by atoms with Crippen LogP contribution in [-0.2, 0) is 14.6 Å². The third-order valence-corrected chi connectivity index (χ3v) is 6.37. The highest BCUT2D eigenvalue weighted by Crippen LogP contribution is 2.27. The number of nitrogens with zero attached hydrogens (tertiary/aromatic N) is 1. The standard InChI is InChI=1S/C17H16FN3O3S2/c1-11-3-2-4-14-16(11)19-17(25-14)21-20-15(22)9-10-26(23,24)13-7-5-12(18)6-8-13/h2-8H,9-10H2,1H3,(H,19,21)(H,20,22). The molecule has 2 N–H and O–H groups in total. The highest BCUT2D eigenvalue weighted by Gasteiger charge is 2.16. The Morgan fingerprint density at radius 3 is 2.62 bits per heavy atom. The summed E-state index contributed by atoms with van der Waals surface area (Å²) < 4.78 is 38.2. The number of anilines is 1. The highest BCUT2D eigenvalue weighted by atomic mass is 32.2. The summed E-state index contributed by atoms with van der Waals surface area (Å²) in [6, 6.07) is 10.3. The molecule has 1 aromatic heterocycles. The molecule has 0 fully saturated rings. The van der Waals surface area contributed by atoms with E-state index in [1.807, 2.05) is 25.1 Å². The molecule has 0 spiro atoms. The van der Waals surface area contributed by atoms with Crippen molar-refractivity contribution in [3.05, 3.63) is 53.8 Å². The SMILES string of the molecule is Cc1cccc2sc(NNC(=O)CCS(=O)(=O)c3ccc(F)cc3)nc12. The molecule has 2 aromatic carbocycles. The van der Waals surface area contributed by atoms with Gasteiger partial charge in [-0.25, -0.2) is 17.8 Å². The number of carbonyl (C=O) groups is 1. The quantitative estimate of drug-likeness (QED) is 0.496. The summed E-state index contributed by atoms with van der Waals surface area (Å²) in [5.74, 6) is -1.37. The van der Waals surface area contributed by atoms with Gasteiger partial charge in [0.05, 0.1) is 20.9 Å². The Bertz CT molecular complexity index is 1050. The number of carbonyl (C=O) groups excluding carboxylic acids is 1. The summed E-state index contributed by atoms with van der Waals surface area (Å²) in [4.78, 5) is 16.3. The monoisotopic (exact) mass is 393 g/mol. The Hall–Kier alpha value is -2.52. The van der Waals surface area contributed by atoms with Crippen LogP contribution in [0.4, 0.5) is 9.52 Å². The minimum Gasteiger partial charge on any atom is -0.273 e. The van der Waals surface area contributed by atoms with Crippen LogP contribution in [0.3, 0.4) is 0 Å². The molecular weight excluding hydrogens is 377 g/mol. The minimum absolute atomic E-state index is 0.0127. The van der Waals surface area contributed by atoms with Crippen molar-refractivity contribution < 1.29 is 17.6 Å². The van der Waals surface area contributed by atoms with Crippen molar-refractivity contribution in [3.63, 3.8) is 0 Å². The van der Waals surface area contributed by atoms with Crippen molar-refractivity contribution >= 4 is 42.4 Å². The molecule has 3 aromatic rings. The Morgan fingerprint density at radius 2 is 1.92 bits per heavy atom. The lowest BCUT2D eigenvalue weighted by molar-refractivity contribution is -0.120. The lowest BCUT2D eigenvalue weighted by atomic mass is 10.2. The minimum atomic E-state index is -3.65. The second kappa shape index (κ2) is 7.38. The number of para-hydroxylation sites is 1. The van der Waals surface area contributed by atoms with Crippen molar-refractivity contribution in [3.8, 4) is 0 Å². The normalized spacial score (nSPS) is 11.5. The van der Waals surface area contributed by atoms with E-state index in [2.05, 4.69) is 15.8 Å². The fourth-order valence-corrected chi connectivity index (χ4v) is 4.45. The molecule has 0 saturated heterocycles. The van der Waals surface area contributed by atoms with Gasteiger partial charge in [0.2, 0.25) is 11.0 Å². The van der Waals surface area contributed by atoms with Gasteiger partial charge < -0.3 is 0 Å². The average Bonchev–Trinajstić information content (AvgIpc) is 3.03. The largest absolute Gasteiger partial charge is 0.273 e.